The molecule has 2 atom stereocenters. The van der Waals surface area contributed by atoms with Crippen molar-refractivity contribution in [2.45, 2.75) is 19.1 Å². The normalized spacial score (nSPS) is 16.9. The molecule has 0 spiro atoms. The average Bonchev–Trinajstić information content (AvgIpc) is 2.73. The van der Waals surface area contributed by atoms with E-state index >= 15 is 0 Å². The first-order valence-electron chi connectivity index (χ1n) is 5.24. The molecule has 0 saturated carbocycles. The van der Waals surface area contributed by atoms with Crippen molar-refractivity contribution < 1.29 is 30.0 Å². The van der Waals surface area contributed by atoms with Gasteiger partial charge in [0.1, 0.15) is 0 Å². The summed E-state index contributed by atoms with van der Waals surface area (Å²) in [5, 5.41) is 32.5. The van der Waals surface area contributed by atoms with Crippen molar-refractivity contribution in [3.63, 3.8) is 0 Å². The number of carboxylic acids is 2. The van der Waals surface area contributed by atoms with Crippen LogP contribution in [0.1, 0.15) is 6.92 Å². The molecule has 0 unspecified atom stereocenters. The molecule has 4 N–H and O–H groups in total. The zero-order valence-electron chi connectivity index (χ0n) is 10.2. The van der Waals surface area contributed by atoms with Crippen molar-refractivity contribution in [1.82, 2.24) is 9.80 Å². The third-order valence-electron chi connectivity index (χ3n) is 2.15. The van der Waals surface area contributed by atoms with Crippen LogP contribution >= 0.6 is 0 Å². The number of carboxylic acid groups (broad SMARTS) is 2. The number of rotatable bonds is 4. The Morgan fingerprint density at radius 3 is 1.78 bits per heavy atom. The Hall–Kier alpha value is -1.80. The van der Waals surface area contributed by atoms with Crippen LogP contribution in [0.2, 0.25) is 0 Å². The van der Waals surface area contributed by atoms with E-state index in [-0.39, 0.29) is 0 Å². The third kappa shape index (κ3) is 5.51. The molecular weight excluding hydrogens is 244 g/mol. The SMILES string of the molecule is CCN1C=CN(C)C1.O=C(O)[C@H](O)[C@@H](O)C(=O)O. The van der Waals surface area contributed by atoms with E-state index in [9.17, 15) is 9.59 Å². The highest BCUT2D eigenvalue weighted by molar-refractivity contribution is 5.83. The number of aliphatic hydroxyl groups excluding tert-OH is 2. The van der Waals surface area contributed by atoms with Crippen LogP contribution in [0.15, 0.2) is 12.4 Å². The summed E-state index contributed by atoms with van der Waals surface area (Å²) >= 11 is 0. The largest absolute Gasteiger partial charge is 0.479 e. The van der Waals surface area contributed by atoms with Crippen LogP contribution in [0.25, 0.3) is 0 Å². The van der Waals surface area contributed by atoms with Crippen LogP contribution in [-0.2, 0) is 9.59 Å². The molecule has 8 heteroatoms. The van der Waals surface area contributed by atoms with Crippen molar-refractivity contribution in [2.75, 3.05) is 20.3 Å². The zero-order chi connectivity index (χ0) is 14.3. The van der Waals surface area contributed by atoms with E-state index in [0.717, 1.165) is 13.2 Å². The molecule has 1 aliphatic rings. The second-order valence-corrected chi connectivity index (χ2v) is 3.67. The van der Waals surface area contributed by atoms with Crippen molar-refractivity contribution in [2.24, 2.45) is 0 Å². The Balaban J connectivity index is 0.000000327. The molecule has 0 aromatic heterocycles. The van der Waals surface area contributed by atoms with E-state index in [0.29, 0.717) is 0 Å². The average molecular weight is 262 g/mol. The molecule has 1 aliphatic heterocycles. The molecule has 0 radical (unpaired) electrons. The van der Waals surface area contributed by atoms with Gasteiger partial charge < -0.3 is 30.2 Å². The van der Waals surface area contributed by atoms with Gasteiger partial charge in [0, 0.05) is 26.0 Å². The van der Waals surface area contributed by atoms with E-state index in [1.165, 1.54) is 0 Å². The van der Waals surface area contributed by atoms with Crippen molar-refractivity contribution in [1.29, 1.82) is 0 Å². The number of carbonyl (C=O) groups is 2. The molecule has 8 nitrogen and oxygen atoms in total. The first-order valence-corrected chi connectivity index (χ1v) is 5.24. The molecular formula is C10H18N2O6. The lowest BCUT2D eigenvalue weighted by Gasteiger charge is -2.14. The van der Waals surface area contributed by atoms with Crippen LogP contribution in [0.4, 0.5) is 0 Å². The molecule has 0 amide bonds. The quantitative estimate of drug-likeness (QED) is 0.486. The standard InChI is InChI=1S/C6H12N2.C4H6O6/c1-3-8-5-4-7(2)6-8;5-1(3(7)8)2(6)4(9)10/h4-5H,3,6H2,1-2H3;1-2,5-6H,(H,7,8)(H,9,10)/t;1-,2-/m.1/s1. The summed E-state index contributed by atoms with van der Waals surface area (Å²) in [7, 11) is 2.08. The second-order valence-electron chi connectivity index (χ2n) is 3.67. The summed E-state index contributed by atoms with van der Waals surface area (Å²) in [5.41, 5.74) is 0. The van der Waals surface area contributed by atoms with Gasteiger partial charge in [-0.15, -0.1) is 0 Å². The van der Waals surface area contributed by atoms with Gasteiger partial charge in [-0.2, -0.15) is 0 Å². The summed E-state index contributed by atoms with van der Waals surface area (Å²) in [5.74, 6) is -3.54. The van der Waals surface area contributed by atoms with E-state index in [2.05, 4.69) is 36.2 Å². The van der Waals surface area contributed by atoms with Crippen LogP contribution in [0.3, 0.4) is 0 Å². The smallest absolute Gasteiger partial charge is 0.335 e. The number of aliphatic carboxylic acids is 2. The van der Waals surface area contributed by atoms with E-state index in [1.54, 1.807) is 0 Å². The van der Waals surface area contributed by atoms with Gasteiger partial charge >= 0.3 is 11.9 Å². The Bertz CT molecular complexity index is 301. The lowest BCUT2D eigenvalue weighted by atomic mass is 10.2. The number of hydrogen-bond donors (Lipinski definition) is 4. The minimum absolute atomic E-state index is 1.05. The highest BCUT2D eigenvalue weighted by Crippen LogP contribution is 2.00. The second kappa shape index (κ2) is 7.51. The molecule has 0 bridgehead atoms. The fourth-order valence-corrected chi connectivity index (χ4v) is 1.06. The molecule has 0 fully saturated rings. The minimum Gasteiger partial charge on any atom is -0.479 e. The predicted molar refractivity (Wildman–Crippen MR) is 61.4 cm³/mol. The fraction of sp³-hybridized carbons (Fsp3) is 0.600. The Morgan fingerprint density at radius 2 is 1.61 bits per heavy atom. The van der Waals surface area contributed by atoms with Gasteiger partial charge in [0.2, 0.25) is 0 Å². The maximum absolute atomic E-state index is 9.77. The molecule has 0 aromatic rings. The molecule has 0 aliphatic carbocycles. The van der Waals surface area contributed by atoms with Crippen molar-refractivity contribution in [3.05, 3.63) is 12.4 Å². The van der Waals surface area contributed by atoms with Gasteiger partial charge in [-0.05, 0) is 6.92 Å². The third-order valence-corrected chi connectivity index (χ3v) is 2.15. The zero-order valence-corrected chi connectivity index (χ0v) is 10.2. The molecule has 1 heterocycles. The van der Waals surface area contributed by atoms with Gasteiger partial charge in [0.25, 0.3) is 0 Å². The van der Waals surface area contributed by atoms with Crippen LogP contribution in [0.5, 0.6) is 0 Å². The van der Waals surface area contributed by atoms with E-state index in [4.69, 9.17) is 20.4 Å². The van der Waals surface area contributed by atoms with Gasteiger partial charge in [0.15, 0.2) is 12.2 Å². The number of nitrogens with zero attached hydrogens (tertiary/aromatic N) is 2. The van der Waals surface area contributed by atoms with Crippen LogP contribution in [0, 0.1) is 0 Å². The molecule has 18 heavy (non-hydrogen) atoms. The molecule has 104 valence electrons. The molecule has 0 aromatic carbocycles. The van der Waals surface area contributed by atoms with Gasteiger partial charge in [-0.1, -0.05) is 0 Å². The van der Waals surface area contributed by atoms with Gasteiger partial charge in [0.05, 0.1) is 6.67 Å². The number of hydrogen-bond acceptors (Lipinski definition) is 6. The number of aliphatic hydroxyl groups is 2. The lowest BCUT2D eigenvalue weighted by molar-refractivity contribution is -0.165. The minimum atomic E-state index is -2.27. The summed E-state index contributed by atoms with van der Waals surface area (Å²) in [6.45, 7) is 4.32. The van der Waals surface area contributed by atoms with E-state index < -0.39 is 24.1 Å². The highest BCUT2D eigenvalue weighted by Gasteiger charge is 2.29. The summed E-state index contributed by atoms with van der Waals surface area (Å²) in [6, 6.07) is 0. The first-order chi connectivity index (χ1) is 8.29. The Kier molecular flexibility index (Phi) is 6.76. The summed E-state index contributed by atoms with van der Waals surface area (Å²) in [6.07, 6.45) is -0.334. The lowest BCUT2D eigenvalue weighted by Crippen LogP contribution is -2.39. The van der Waals surface area contributed by atoms with Gasteiger partial charge in [-0.3, -0.25) is 0 Å². The molecule has 0 saturated heterocycles. The Morgan fingerprint density at radius 1 is 1.17 bits per heavy atom. The summed E-state index contributed by atoms with van der Waals surface area (Å²) in [4.78, 5) is 23.9. The topological polar surface area (TPSA) is 122 Å². The first kappa shape index (κ1) is 16.2. The Labute approximate surface area is 104 Å². The van der Waals surface area contributed by atoms with Crippen LogP contribution < -0.4 is 0 Å². The summed E-state index contributed by atoms with van der Waals surface area (Å²) < 4.78 is 0. The van der Waals surface area contributed by atoms with E-state index in [1.807, 2.05) is 0 Å². The van der Waals surface area contributed by atoms with Crippen LogP contribution in [-0.4, -0.2) is 74.6 Å². The maximum Gasteiger partial charge on any atom is 0.335 e. The predicted octanol–water partition coefficient (Wildman–Crippen LogP) is -1.44. The maximum atomic E-state index is 9.77. The molecule has 1 rings (SSSR count). The highest BCUT2D eigenvalue weighted by atomic mass is 16.4. The fourth-order valence-electron chi connectivity index (χ4n) is 1.06. The van der Waals surface area contributed by atoms with Crippen molar-refractivity contribution in [3.8, 4) is 0 Å². The van der Waals surface area contributed by atoms with Crippen molar-refractivity contribution >= 4 is 11.9 Å². The van der Waals surface area contributed by atoms with Gasteiger partial charge in [-0.25, -0.2) is 9.59 Å². The monoisotopic (exact) mass is 262 g/mol.